The van der Waals surface area contributed by atoms with E-state index in [1.165, 1.54) is 24.3 Å². The number of hydrogen-bond donors (Lipinski definition) is 0. The van der Waals surface area contributed by atoms with Crippen LogP contribution in [0.15, 0.2) is 36.4 Å². The lowest BCUT2D eigenvalue weighted by Gasteiger charge is -2.27. The Labute approximate surface area is 167 Å². The minimum absolute atomic E-state index is 0.0456. The average Bonchev–Trinajstić information content (AvgIpc) is 3.17. The highest BCUT2D eigenvalue weighted by molar-refractivity contribution is 7.74. The fourth-order valence-corrected chi connectivity index (χ4v) is 3.49. The topological polar surface area (TPSA) is 141 Å². The van der Waals surface area contributed by atoms with E-state index in [4.69, 9.17) is 0 Å². The van der Waals surface area contributed by atoms with Crippen molar-refractivity contribution in [3.63, 3.8) is 0 Å². The molecule has 2 atom stereocenters. The monoisotopic (exact) mass is 419 g/mol. The highest BCUT2D eigenvalue weighted by atomic mass is 32.2. The number of amides is 4. The molecule has 0 N–H and O–H groups in total. The summed E-state index contributed by atoms with van der Waals surface area (Å²) in [6, 6.07) is 5.23. The second-order valence-electron chi connectivity index (χ2n) is 6.31. The normalized spacial score (nSPS) is 18.5. The zero-order chi connectivity index (χ0) is 21.1. The van der Waals surface area contributed by atoms with Gasteiger partial charge in [0, 0.05) is 31.4 Å². The maximum Gasteiger partial charge on any atom is 0.319 e. The van der Waals surface area contributed by atoms with Crippen LogP contribution in [0.3, 0.4) is 0 Å². The first kappa shape index (κ1) is 20.6. The molecule has 4 amide bonds. The molecule has 3 rings (SSSR count). The van der Waals surface area contributed by atoms with Gasteiger partial charge >= 0.3 is 5.97 Å². The van der Waals surface area contributed by atoms with Gasteiger partial charge in [-0.3, -0.25) is 28.9 Å². The summed E-state index contributed by atoms with van der Waals surface area (Å²) in [4.78, 5) is 61.5. The number of imide groups is 2. The molecular weight excluding hydrogens is 404 g/mol. The number of rotatable bonds is 7. The fraction of sp³-hybridized carbons (Fsp3) is 0.278. The van der Waals surface area contributed by atoms with Gasteiger partial charge < -0.3 is 8.74 Å². The molecule has 2 aliphatic heterocycles. The molecule has 29 heavy (non-hydrogen) atoms. The predicted molar refractivity (Wildman–Crippen MR) is 96.1 cm³/mol. The molecule has 1 saturated heterocycles. The molecule has 0 aromatic heterocycles. The summed E-state index contributed by atoms with van der Waals surface area (Å²) in [5, 5.41) is 0. The first-order chi connectivity index (χ1) is 13.8. The Balaban J connectivity index is 1.83. The molecule has 2 heterocycles. The summed E-state index contributed by atoms with van der Waals surface area (Å²) in [5.74, 6) is -2.80. The fourth-order valence-electron chi connectivity index (χ4n) is 3.26. The Hall–Kier alpha value is -3.18. The van der Waals surface area contributed by atoms with Gasteiger partial charge in [0.2, 0.25) is 11.8 Å². The van der Waals surface area contributed by atoms with E-state index in [0.717, 1.165) is 22.0 Å². The zero-order valence-electron chi connectivity index (χ0n) is 14.9. The molecule has 1 aromatic rings. The molecule has 2 aliphatic rings. The van der Waals surface area contributed by atoms with Gasteiger partial charge in [0.1, 0.15) is 11.4 Å². The molecule has 0 saturated carbocycles. The molecule has 0 bridgehead atoms. The molecule has 0 radical (unpaired) electrons. The molecule has 11 heteroatoms. The van der Waals surface area contributed by atoms with Crippen molar-refractivity contribution in [2.24, 2.45) is 0 Å². The minimum Gasteiger partial charge on any atom is -0.740 e. The van der Waals surface area contributed by atoms with Crippen LogP contribution in [0.1, 0.15) is 37.3 Å². The molecule has 2 unspecified atom stereocenters. The third-order valence-electron chi connectivity index (χ3n) is 4.53. The van der Waals surface area contributed by atoms with Crippen LogP contribution >= 0.6 is 0 Å². The van der Waals surface area contributed by atoms with Crippen molar-refractivity contribution >= 4 is 46.6 Å². The Morgan fingerprint density at radius 1 is 1.03 bits per heavy atom. The predicted octanol–water partition coefficient (Wildman–Crippen LogP) is 0.424. The van der Waals surface area contributed by atoms with Crippen LogP contribution in [-0.2, 0) is 39.5 Å². The van der Waals surface area contributed by atoms with Crippen molar-refractivity contribution in [3.05, 3.63) is 42.0 Å². The maximum atomic E-state index is 12.2. The summed E-state index contributed by atoms with van der Waals surface area (Å²) in [6.07, 6.45) is 1.99. The summed E-state index contributed by atoms with van der Waals surface area (Å²) < 4.78 is 25.0. The lowest BCUT2D eigenvalue weighted by Crippen LogP contribution is -2.34. The van der Waals surface area contributed by atoms with E-state index in [9.17, 15) is 32.7 Å². The first-order valence-electron chi connectivity index (χ1n) is 8.59. The highest BCUT2D eigenvalue weighted by Gasteiger charge is 2.36. The molecule has 0 spiro atoms. The van der Waals surface area contributed by atoms with Crippen molar-refractivity contribution in [2.75, 3.05) is 4.90 Å². The van der Waals surface area contributed by atoms with Gasteiger partial charge in [0.05, 0.1) is 11.7 Å². The van der Waals surface area contributed by atoms with E-state index in [0.29, 0.717) is 11.3 Å². The molecule has 0 aliphatic carbocycles. The molecule has 152 valence electrons. The van der Waals surface area contributed by atoms with Gasteiger partial charge in [-0.25, -0.2) is 9.11 Å². The van der Waals surface area contributed by atoms with Crippen LogP contribution in [0, 0.1) is 0 Å². The van der Waals surface area contributed by atoms with E-state index in [1.54, 1.807) is 0 Å². The Kier molecular flexibility index (Phi) is 5.99. The molecule has 10 nitrogen and oxygen atoms in total. The average molecular weight is 419 g/mol. The third-order valence-corrected chi connectivity index (χ3v) is 4.85. The number of anilines is 1. The van der Waals surface area contributed by atoms with Gasteiger partial charge in [0.25, 0.3) is 11.8 Å². The summed E-state index contributed by atoms with van der Waals surface area (Å²) in [6.45, 7) is 0. The maximum absolute atomic E-state index is 12.2. The standard InChI is InChI=1S/C18H16N2O8S/c21-14-6-7-15(22)19(14)12-3-1-11(2-4-12)13(5-10-18(25)28-29(26)27)20-16(23)8-9-17(20)24/h1-4,6-7,13H,5,8-10H2,(H,26,27)/p-1. The van der Waals surface area contributed by atoms with Crippen LogP contribution in [0.5, 0.6) is 0 Å². The van der Waals surface area contributed by atoms with Crippen molar-refractivity contribution in [1.82, 2.24) is 4.90 Å². The molecular formula is C18H15N2O8S-. The Morgan fingerprint density at radius 3 is 2.10 bits per heavy atom. The van der Waals surface area contributed by atoms with Crippen LogP contribution in [0.25, 0.3) is 0 Å². The smallest absolute Gasteiger partial charge is 0.319 e. The second kappa shape index (κ2) is 8.45. The highest BCUT2D eigenvalue weighted by Crippen LogP contribution is 2.32. The van der Waals surface area contributed by atoms with Gasteiger partial charge in [0.15, 0.2) is 0 Å². The Bertz CT molecular complexity index is 906. The van der Waals surface area contributed by atoms with E-state index in [2.05, 4.69) is 4.18 Å². The summed E-state index contributed by atoms with van der Waals surface area (Å²) >= 11 is -3.00. The minimum atomic E-state index is -3.00. The first-order valence-corrected chi connectivity index (χ1v) is 9.59. The van der Waals surface area contributed by atoms with Crippen LogP contribution < -0.4 is 4.90 Å². The van der Waals surface area contributed by atoms with E-state index in [-0.39, 0.29) is 25.7 Å². The van der Waals surface area contributed by atoms with Crippen molar-refractivity contribution < 1.29 is 36.9 Å². The van der Waals surface area contributed by atoms with Crippen molar-refractivity contribution in [2.45, 2.75) is 31.7 Å². The van der Waals surface area contributed by atoms with Crippen LogP contribution in [-0.4, -0.2) is 43.3 Å². The third kappa shape index (κ3) is 4.46. The van der Waals surface area contributed by atoms with Crippen LogP contribution in [0.4, 0.5) is 5.69 Å². The number of carbonyl (C=O) groups excluding carboxylic acids is 5. The van der Waals surface area contributed by atoms with Gasteiger partial charge in [-0.1, -0.05) is 12.1 Å². The SMILES string of the molecule is O=C(CCC(c1ccc(N2C(=O)C=CC2=O)cc1)N1C(=O)CCC1=O)OS(=O)[O-]. The summed E-state index contributed by atoms with van der Waals surface area (Å²) in [5.41, 5.74) is 0.799. The Morgan fingerprint density at radius 2 is 1.59 bits per heavy atom. The number of likely N-dealkylation sites (tertiary alicyclic amines) is 1. The van der Waals surface area contributed by atoms with Crippen molar-refractivity contribution in [1.29, 1.82) is 0 Å². The lowest BCUT2D eigenvalue weighted by atomic mass is 10.00. The van der Waals surface area contributed by atoms with Crippen LogP contribution in [0.2, 0.25) is 0 Å². The van der Waals surface area contributed by atoms with Gasteiger partial charge in [-0.05, 0) is 24.1 Å². The summed E-state index contributed by atoms with van der Waals surface area (Å²) in [7, 11) is 0. The molecule has 1 aromatic carbocycles. The zero-order valence-corrected chi connectivity index (χ0v) is 15.8. The van der Waals surface area contributed by atoms with Gasteiger partial charge in [-0.15, -0.1) is 0 Å². The second-order valence-corrected chi connectivity index (χ2v) is 6.88. The largest absolute Gasteiger partial charge is 0.740 e. The number of hydrogen-bond acceptors (Lipinski definition) is 8. The number of nitrogens with zero attached hydrogens (tertiary/aromatic N) is 2. The van der Waals surface area contributed by atoms with Crippen molar-refractivity contribution in [3.8, 4) is 0 Å². The number of carbonyl (C=O) groups is 5. The lowest BCUT2D eigenvalue weighted by molar-refractivity contribution is -0.143. The quantitative estimate of drug-likeness (QED) is 0.457. The molecule has 1 fully saturated rings. The van der Waals surface area contributed by atoms with Gasteiger partial charge in [-0.2, -0.15) is 0 Å². The van der Waals surface area contributed by atoms with E-state index in [1.807, 2.05) is 0 Å². The van der Waals surface area contributed by atoms with E-state index < -0.39 is 47.0 Å². The number of benzene rings is 1. The van der Waals surface area contributed by atoms with E-state index >= 15 is 0 Å².